The van der Waals surface area contributed by atoms with Crippen molar-refractivity contribution < 1.29 is 33.4 Å². The fourth-order valence-corrected chi connectivity index (χ4v) is 9.07. The van der Waals surface area contributed by atoms with Gasteiger partial charge in [0.1, 0.15) is 23.7 Å². The van der Waals surface area contributed by atoms with Crippen molar-refractivity contribution in [2.24, 2.45) is 35.5 Å². The lowest BCUT2D eigenvalue weighted by atomic mass is 9.99. The van der Waals surface area contributed by atoms with Gasteiger partial charge in [-0.05, 0) is 119 Å². The third kappa shape index (κ3) is 9.65. The summed E-state index contributed by atoms with van der Waals surface area (Å²) in [6, 6.07) is 19.4. The van der Waals surface area contributed by atoms with Gasteiger partial charge in [-0.2, -0.15) is 20.2 Å². The first-order chi connectivity index (χ1) is 33.1. The molecule has 0 radical (unpaired) electrons. The molecule has 0 fully saturated rings. The molecule has 0 spiro atoms. The first-order valence-corrected chi connectivity index (χ1v) is 22.9. The maximum Gasteiger partial charge on any atom is 0.298 e. The van der Waals surface area contributed by atoms with Crippen LogP contribution in [-0.4, -0.2) is 98.6 Å². The molecule has 0 saturated carbocycles. The Morgan fingerprint density at radius 1 is 0.681 bits per heavy atom. The first-order valence-electron chi connectivity index (χ1n) is 22.9. The van der Waals surface area contributed by atoms with Crippen molar-refractivity contribution in [1.82, 2.24) is 42.7 Å². The first kappa shape index (κ1) is 47.6. The molecule has 20 nitrogen and oxygen atoms in total. The van der Waals surface area contributed by atoms with Gasteiger partial charge in [-0.25, -0.2) is 0 Å². The van der Waals surface area contributed by atoms with Crippen LogP contribution in [0, 0.1) is 13.8 Å². The van der Waals surface area contributed by atoms with Gasteiger partial charge in [0.15, 0.2) is 0 Å². The molecule has 5 heterocycles. The zero-order chi connectivity index (χ0) is 49.3. The number of nitrogens with two attached hydrogens (primary N) is 2. The number of rotatable bonds is 16. The van der Waals surface area contributed by atoms with Crippen LogP contribution in [0.3, 0.4) is 0 Å². The van der Waals surface area contributed by atoms with Crippen molar-refractivity contribution in [2.45, 2.75) is 85.8 Å². The molecule has 69 heavy (non-hydrogen) atoms. The molecule has 4 aromatic heterocycles. The molecular weight excluding hydrogens is 883 g/mol. The molecule has 0 aliphatic carbocycles. The summed E-state index contributed by atoms with van der Waals surface area (Å²) in [5.74, 6) is -1.62. The molecule has 1 aliphatic heterocycles. The summed E-state index contributed by atoms with van der Waals surface area (Å²) < 4.78 is 22.5. The summed E-state index contributed by atoms with van der Waals surface area (Å²) in [6.07, 6.45) is 0.741. The lowest BCUT2D eigenvalue weighted by Crippen LogP contribution is -2.39. The highest BCUT2D eigenvalue weighted by atomic mass is 16.5. The monoisotopic (exact) mass is 939 g/mol. The maximum absolute atomic E-state index is 14.0. The number of methoxy groups -OCH3 is 1. The Balaban J connectivity index is 1.17. The Kier molecular flexibility index (Phi) is 13.6. The highest BCUT2D eigenvalue weighted by molar-refractivity contribution is 5.98. The van der Waals surface area contributed by atoms with E-state index in [1.165, 1.54) is 0 Å². The van der Waals surface area contributed by atoms with Crippen LogP contribution in [0.2, 0.25) is 0 Å². The number of hydrogen-bond donors (Lipinski definition) is 2. The van der Waals surface area contributed by atoms with Crippen LogP contribution in [0.5, 0.6) is 5.75 Å². The van der Waals surface area contributed by atoms with Crippen molar-refractivity contribution in [3.8, 4) is 5.75 Å². The number of nitrogens with zero attached hydrogens (tertiary/aromatic N) is 11. The van der Waals surface area contributed by atoms with E-state index in [2.05, 4.69) is 20.2 Å². The molecule has 0 bridgehead atoms. The molecule has 0 atom stereocenters. The SMILES string of the molecule is CCn1nc(C)cc1C(=O)N=c1n(C)c2cc(C(N)=O)ccc2n1CCC(CCn1c(=NC(=O)c2cc(C)nn2CC)n(C)c2cc(C(N)=O)ccc21)OCC(=O)N1CCc2cc(OC)ccc2C1. The van der Waals surface area contributed by atoms with Crippen LogP contribution in [0.4, 0.5) is 0 Å². The average molecular weight is 940 g/mol. The Hall–Kier alpha value is -7.87. The number of carbonyl (C=O) groups excluding carboxylic acids is 5. The van der Waals surface area contributed by atoms with Crippen LogP contribution in [-0.2, 0) is 62.8 Å². The normalized spacial score (nSPS) is 13.6. The Bertz CT molecular complexity index is 3140. The van der Waals surface area contributed by atoms with E-state index < -0.39 is 29.7 Å². The van der Waals surface area contributed by atoms with E-state index in [1.54, 1.807) is 93.1 Å². The molecule has 1 aliphatic rings. The Morgan fingerprint density at radius 2 is 1.19 bits per heavy atom. The molecule has 3 aromatic carbocycles. The van der Waals surface area contributed by atoms with E-state index >= 15 is 0 Å². The van der Waals surface area contributed by atoms with Crippen molar-refractivity contribution >= 4 is 51.6 Å². The van der Waals surface area contributed by atoms with Crippen LogP contribution in [0.15, 0.2) is 76.7 Å². The number of ether oxygens (including phenoxy) is 2. The molecule has 20 heteroatoms. The average Bonchev–Trinajstić information content (AvgIpc) is 4.07. The van der Waals surface area contributed by atoms with Crippen molar-refractivity contribution in [1.29, 1.82) is 0 Å². The van der Waals surface area contributed by atoms with Crippen LogP contribution in [0.25, 0.3) is 22.1 Å². The summed E-state index contributed by atoms with van der Waals surface area (Å²) in [4.78, 5) is 77.6. The second-order valence-corrected chi connectivity index (χ2v) is 17.2. The second kappa shape index (κ2) is 19.8. The van der Waals surface area contributed by atoms with Gasteiger partial charge >= 0.3 is 0 Å². The zero-order valence-electron chi connectivity index (χ0n) is 39.9. The van der Waals surface area contributed by atoms with Gasteiger partial charge in [-0.1, -0.05) is 6.07 Å². The zero-order valence-corrected chi connectivity index (χ0v) is 39.9. The molecule has 360 valence electrons. The van der Waals surface area contributed by atoms with Gasteiger partial charge in [0, 0.05) is 64.5 Å². The van der Waals surface area contributed by atoms with Gasteiger partial charge in [0.2, 0.25) is 29.0 Å². The number of aromatic nitrogens is 8. The van der Waals surface area contributed by atoms with Gasteiger partial charge in [0.05, 0.1) is 46.7 Å². The van der Waals surface area contributed by atoms with Gasteiger partial charge in [-0.3, -0.25) is 33.3 Å². The minimum Gasteiger partial charge on any atom is -0.497 e. The van der Waals surface area contributed by atoms with E-state index in [4.69, 9.17) is 20.9 Å². The fraction of sp³-hybridized carbons (Fsp3) is 0.367. The predicted molar refractivity (Wildman–Crippen MR) is 255 cm³/mol. The third-order valence-electron chi connectivity index (χ3n) is 12.7. The topological polar surface area (TPSA) is 239 Å². The molecule has 4 N–H and O–H groups in total. The lowest BCUT2D eigenvalue weighted by Gasteiger charge is -2.30. The van der Waals surface area contributed by atoms with Gasteiger partial charge in [-0.15, -0.1) is 0 Å². The predicted octanol–water partition coefficient (Wildman–Crippen LogP) is 3.46. The lowest BCUT2D eigenvalue weighted by molar-refractivity contribution is -0.139. The maximum atomic E-state index is 14.0. The van der Waals surface area contributed by atoms with Crippen molar-refractivity contribution in [3.05, 3.63) is 123 Å². The summed E-state index contributed by atoms with van der Waals surface area (Å²) in [6.45, 7) is 9.58. The quantitative estimate of drug-likeness (QED) is 0.144. The van der Waals surface area contributed by atoms with E-state index in [0.717, 1.165) is 16.9 Å². The standard InChI is InChI=1S/C49H57N13O7/c1-8-61-41(22-29(3)54-61)46(66)52-48-56(5)39-25-32(44(50)64)11-14-37(39)59(48)20-17-35(69-28-43(63)58-19-16-31-24-36(68-7)13-10-34(31)27-58)18-21-60-38-15-12-33(45(51)65)26-40(38)57(6)49(60)53-47(67)42-23-30(4)55-62(42)9-2/h10-15,22-26,35H,8-9,16-21,27-28H2,1-7H3,(H2,50,64)(H2,51,65). The van der Waals surface area contributed by atoms with E-state index in [-0.39, 0.29) is 36.7 Å². The molecule has 8 rings (SSSR count). The number of amides is 5. The highest BCUT2D eigenvalue weighted by Crippen LogP contribution is 2.25. The Labute approximate surface area is 397 Å². The number of imidazole rings is 2. The van der Waals surface area contributed by atoms with Gasteiger partial charge < -0.3 is 44.1 Å². The Morgan fingerprint density at radius 3 is 1.65 bits per heavy atom. The van der Waals surface area contributed by atoms with E-state index in [1.807, 2.05) is 55.0 Å². The summed E-state index contributed by atoms with van der Waals surface area (Å²) >= 11 is 0. The van der Waals surface area contributed by atoms with E-state index in [0.29, 0.717) is 102 Å². The number of fused-ring (bicyclic) bond motifs is 3. The largest absolute Gasteiger partial charge is 0.497 e. The summed E-state index contributed by atoms with van der Waals surface area (Å²) in [5, 5.41) is 8.89. The van der Waals surface area contributed by atoms with E-state index in [9.17, 15) is 24.0 Å². The van der Waals surface area contributed by atoms with Crippen molar-refractivity contribution in [2.75, 3.05) is 20.3 Å². The summed E-state index contributed by atoms with van der Waals surface area (Å²) in [7, 11) is 5.16. The highest BCUT2D eigenvalue weighted by Gasteiger charge is 2.25. The van der Waals surface area contributed by atoms with Crippen molar-refractivity contribution in [3.63, 3.8) is 0 Å². The number of primary amides is 2. The van der Waals surface area contributed by atoms with Crippen LogP contribution >= 0.6 is 0 Å². The molecule has 0 unspecified atom stereocenters. The minimum atomic E-state index is -0.604. The molecular formula is C49H57N13O7. The second-order valence-electron chi connectivity index (χ2n) is 17.2. The van der Waals surface area contributed by atoms with Crippen LogP contribution in [0.1, 0.15) is 90.9 Å². The van der Waals surface area contributed by atoms with Gasteiger partial charge in [0.25, 0.3) is 11.8 Å². The summed E-state index contributed by atoms with van der Waals surface area (Å²) in [5.41, 5.74) is 19.4. The number of aryl methyl sites for hydroxylation is 8. The molecule has 7 aromatic rings. The molecule has 0 saturated heterocycles. The molecule has 5 amide bonds. The number of benzene rings is 3. The van der Waals surface area contributed by atoms with Crippen LogP contribution < -0.4 is 27.4 Å². The third-order valence-corrected chi connectivity index (χ3v) is 12.7. The smallest absolute Gasteiger partial charge is 0.298 e. The number of carbonyl (C=O) groups is 5. The fourth-order valence-electron chi connectivity index (χ4n) is 9.07. The minimum absolute atomic E-state index is 0.178. The number of hydrogen-bond acceptors (Lipinski definition) is 9.